The van der Waals surface area contributed by atoms with Crippen LogP contribution in [0.15, 0.2) is 11.3 Å². The summed E-state index contributed by atoms with van der Waals surface area (Å²) in [6, 6.07) is 0. The number of hydrogen-bond acceptors (Lipinski definition) is 6. The molecule has 0 atom stereocenters. The fraction of sp³-hybridized carbons (Fsp3) is 0.500. The maximum absolute atomic E-state index is 11.7. The van der Waals surface area contributed by atoms with Crippen LogP contribution in [0.1, 0.15) is 36.2 Å². The molecule has 0 saturated carbocycles. The molecule has 2 rings (SSSR count). The van der Waals surface area contributed by atoms with Gasteiger partial charge in [-0.2, -0.15) is 0 Å². The topological polar surface area (TPSA) is 99.4 Å². The van der Waals surface area contributed by atoms with E-state index in [-0.39, 0.29) is 48.3 Å². The molecule has 7 nitrogen and oxygen atoms in total. The van der Waals surface area contributed by atoms with E-state index in [1.165, 1.54) is 6.34 Å². The molecule has 0 bridgehead atoms. The number of aromatic nitrogens is 2. The smallest absolute Gasteiger partial charge is 0.550 e. The van der Waals surface area contributed by atoms with E-state index < -0.39 is 5.97 Å². The van der Waals surface area contributed by atoms with Crippen molar-refractivity contribution in [3.8, 4) is 0 Å². The fourth-order valence-electron chi connectivity index (χ4n) is 1.95. The number of unbranched alkanes of at least 4 members (excludes halogenated alkanes) is 2. The van der Waals surface area contributed by atoms with Crippen LogP contribution in [-0.4, -0.2) is 34.2 Å². The summed E-state index contributed by atoms with van der Waals surface area (Å²) in [5.74, 6) is -0.460. The molecule has 0 amide bonds. The van der Waals surface area contributed by atoms with Crippen LogP contribution in [0.5, 0.6) is 0 Å². The van der Waals surface area contributed by atoms with Gasteiger partial charge in [0, 0.05) is 12.5 Å². The number of nitrogens with zero attached hydrogens (tertiary/aromatic N) is 3. The molecule has 0 aromatic carbocycles. The van der Waals surface area contributed by atoms with E-state index in [9.17, 15) is 14.7 Å². The predicted octanol–water partition coefficient (Wildman–Crippen LogP) is -3.17. The minimum absolute atomic E-state index is 0. The number of carbonyl (C=O) groups excluding carboxylic acids is 2. The van der Waals surface area contributed by atoms with Crippen molar-refractivity contribution in [1.82, 2.24) is 9.55 Å². The fourth-order valence-corrected chi connectivity index (χ4v) is 1.95. The number of carbonyl (C=O) groups is 2. The third kappa shape index (κ3) is 4.43. The Balaban J connectivity index is 0.00000200. The van der Waals surface area contributed by atoms with E-state index in [4.69, 9.17) is 0 Å². The predicted molar refractivity (Wildman–Crippen MR) is 67.0 cm³/mol. The van der Waals surface area contributed by atoms with Crippen molar-refractivity contribution in [3.05, 3.63) is 12.0 Å². The van der Waals surface area contributed by atoms with Crippen molar-refractivity contribution in [3.63, 3.8) is 0 Å². The van der Waals surface area contributed by atoms with Gasteiger partial charge in [0.1, 0.15) is 12.4 Å². The molecule has 0 spiro atoms. The molecule has 102 valence electrons. The first-order valence-corrected chi connectivity index (χ1v) is 6.21. The summed E-state index contributed by atoms with van der Waals surface area (Å²) in [6.07, 6.45) is 5.43. The molecular weight excluding hydrogens is 271 g/mol. The zero-order valence-electron chi connectivity index (χ0n) is 11.5. The normalized spacial score (nSPS) is 13.1. The Bertz CT molecular complexity index is 513. The number of Topliss-reactive ketones (excluding diaryl/α,β-unsaturated/α-hetero) is 1. The first-order chi connectivity index (χ1) is 9.18. The van der Waals surface area contributed by atoms with E-state index in [1.807, 2.05) is 4.57 Å². The summed E-state index contributed by atoms with van der Waals surface area (Å²) in [6.45, 7) is 0.798. The number of rotatable bonds is 6. The molecule has 2 heterocycles. The van der Waals surface area contributed by atoms with Crippen molar-refractivity contribution in [1.29, 1.82) is 0 Å². The van der Waals surface area contributed by atoms with Crippen molar-refractivity contribution in [2.24, 2.45) is 4.99 Å². The summed E-state index contributed by atoms with van der Waals surface area (Å²) in [7, 11) is 0. The monoisotopic (exact) mass is 286 g/mol. The second kappa shape index (κ2) is 8.18. The maximum Gasteiger partial charge on any atom is 1.00 e. The van der Waals surface area contributed by atoms with Crippen molar-refractivity contribution in [2.75, 3.05) is 11.9 Å². The zero-order chi connectivity index (χ0) is 13.7. The maximum atomic E-state index is 11.7. The molecule has 20 heavy (non-hydrogen) atoms. The van der Waals surface area contributed by atoms with E-state index in [2.05, 4.69) is 15.3 Å². The standard InChI is InChI=1S/C12H16N4O3.Na/c17-9-6-13-7-14-12-11(9)15-8-16(12)5-3-1-2-4-10(18)19;/h7-8H,1-6H2,(H,13,14)(H,18,19);/q;+1/p-1. The largest absolute Gasteiger partial charge is 1.00 e. The van der Waals surface area contributed by atoms with Crippen molar-refractivity contribution in [2.45, 2.75) is 32.2 Å². The summed E-state index contributed by atoms with van der Waals surface area (Å²) >= 11 is 0. The number of hydrogen-bond donors (Lipinski definition) is 1. The SMILES string of the molecule is O=C([O-])CCCCCn1cnc2c1NC=NCC2=O.[Na+]. The van der Waals surface area contributed by atoms with Crippen molar-refractivity contribution >= 4 is 23.9 Å². The van der Waals surface area contributed by atoms with Gasteiger partial charge < -0.3 is 19.8 Å². The summed E-state index contributed by atoms with van der Waals surface area (Å²) in [5, 5.41) is 13.2. The molecule has 1 aromatic heterocycles. The Morgan fingerprint density at radius 3 is 2.95 bits per heavy atom. The Kier molecular flexibility index (Phi) is 6.90. The molecule has 0 radical (unpaired) electrons. The van der Waals surface area contributed by atoms with Gasteiger partial charge in [0.2, 0.25) is 5.78 Å². The first kappa shape index (κ1) is 16.9. The number of fused-ring (bicyclic) bond motifs is 1. The first-order valence-electron chi connectivity index (χ1n) is 6.21. The average Bonchev–Trinajstić information content (AvgIpc) is 2.67. The summed E-state index contributed by atoms with van der Waals surface area (Å²) in [5.41, 5.74) is 0.409. The molecule has 1 aliphatic heterocycles. The number of aliphatic carboxylic acids is 1. The number of ketones is 1. The Morgan fingerprint density at radius 2 is 2.20 bits per heavy atom. The number of aryl methyl sites for hydroxylation is 1. The van der Waals surface area contributed by atoms with Gasteiger partial charge in [0.25, 0.3) is 0 Å². The minimum Gasteiger partial charge on any atom is -0.550 e. The number of carboxylic acid groups (broad SMARTS) is 1. The molecule has 0 fully saturated rings. The third-order valence-corrected chi connectivity index (χ3v) is 2.91. The number of carboxylic acids is 1. The Labute approximate surface area is 138 Å². The molecule has 8 heteroatoms. The van der Waals surface area contributed by atoms with Crippen LogP contribution in [0.2, 0.25) is 0 Å². The number of imidazole rings is 1. The summed E-state index contributed by atoms with van der Waals surface area (Å²) < 4.78 is 1.85. The van der Waals surface area contributed by atoms with Crippen LogP contribution < -0.4 is 40.0 Å². The number of nitrogens with one attached hydrogen (secondary N) is 1. The van der Waals surface area contributed by atoms with E-state index in [0.717, 1.165) is 12.8 Å². The van der Waals surface area contributed by atoms with Gasteiger partial charge in [-0.25, -0.2) is 4.98 Å². The quantitative estimate of drug-likeness (QED) is 0.439. The van der Waals surface area contributed by atoms with Gasteiger partial charge in [-0.1, -0.05) is 6.42 Å². The van der Waals surface area contributed by atoms with E-state index >= 15 is 0 Å². The molecule has 0 unspecified atom stereocenters. The van der Waals surface area contributed by atoms with Gasteiger partial charge in [-0.05, 0) is 19.3 Å². The van der Waals surface area contributed by atoms with E-state index in [0.29, 0.717) is 24.5 Å². The molecule has 1 N–H and O–H groups in total. The second-order valence-corrected chi connectivity index (χ2v) is 4.36. The molecular formula is C12H15N4NaO3. The van der Waals surface area contributed by atoms with E-state index in [1.54, 1.807) is 6.33 Å². The number of anilines is 1. The Hall–Kier alpha value is -1.18. The van der Waals surface area contributed by atoms with Crippen molar-refractivity contribution < 1.29 is 44.3 Å². The van der Waals surface area contributed by atoms with Gasteiger partial charge in [-0.15, -0.1) is 0 Å². The van der Waals surface area contributed by atoms with Crippen LogP contribution >= 0.6 is 0 Å². The van der Waals surface area contributed by atoms with Crippen LogP contribution in [0.25, 0.3) is 0 Å². The van der Waals surface area contributed by atoms with Crippen LogP contribution in [0, 0.1) is 0 Å². The van der Waals surface area contributed by atoms with Gasteiger partial charge in [0.05, 0.1) is 12.7 Å². The van der Waals surface area contributed by atoms with Gasteiger partial charge >= 0.3 is 29.6 Å². The Morgan fingerprint density at radius 1 is 1.40 bits per heavy atom. The average molecular weight is 286 g/mol. The molecule has 1 aliphatic rings. The van der Waals surface area contributed by atoms with Gasteiger partial charge in [-0.3, -0.25) is 9.79 Å². The summed E-state index contributed by atoms with van der Waals surface area (Å²) in [4.78, 5) is 29.9. The molecule has 0 aliphatic carbocycles. The van der Waals surface area contributed by atoms with Gasteiger partial charge in [0.15, 0.2) is 5.69 Å². The number of aliphatic imine (C=N–C) groups is 1. The van der Waals surface area contributed by atoms with Crippen LogP contribution in [-0.2, 0) is 11.3 Å². The zero-order valence-corrected chi connectivity index (χ0v) is 13.5. The van der Waals surface area contributed by atoms with Crippen LogP contribution in [0.4, 0.5) is 5.82 Å². The minimum atomic E-state index is -1.01. The second-order valence-electron chi connectivity index (χ2n) is 4.36. The molecule has 0 saturated heterocycles. The molecule has 1 aromatic rings. The third-order valence-electron chi connectivity index (χ3n) is 2.91. The van der Waals surface area contributed by atoms with Crippen LogP contribution in [0.3, 0.4) is 0 Å².